The molecule has 1 N–H and O–H groups in total. The van der Waals surface area contributed by atoms with Crippen LogP contribution in [-0.2, 0) is 12.7 Å². The maximum Gasteiger partial charge on any atom is 0.432 e. The van der Waals surface area contributed by atoms with Crippen LogP contribution in [0.15, 0.2) is 42.6 Å². The molecule has 24 heavy (non-hydrogen) atoms. The predicted molar refractivity (Wildman–Crippen MR) is 82.5 cm³/mol. The van der Waals surface area contributed by atoms with Gasteiger partial charge in [0.15, 0.2) is 5.69 Å². The molecule has 1 amide bonds. The zero-order valence-electron chi connectivity index (χ0n) is 12.8. The van der Waals surface area contributed by atoms with E-state index < -0.39 is 17.8 Å². The molecule has 5 nitrogen and oxygen atoms in total. The summed E-state index contributed by atoms with van der Waals surface area (Å²) in [6.45, 7) is 0.887. The average Bonchev–Trinajstić information content (AvgIpc) is 3.18. The van der Waals surface area contributed by atoms with Crippen molar-refractivity contribution < 1.29 is 18.0 Å². The molecule has 0 radical (unpaired) electrons. The number of rotatable bonds is 4. The summed E-state index contributed by atoms with van der Waals surface area (Å²) in [5.74, 6) is -0.557. The fraction of sp³-hybridized carbons (Fsp3) is 0.250. The Hall–Kier alpha value is -2.77. The van der Waals surface area contributed by atoms with E-state index in [9.17, 15) is 18.0 Å². The molecule has 3 rings (SSSR count). The molecule has 2 heterocycles. The Morgan fingerprint density at radius 2 is 2.04 bits per heavy atom. The minimum atomic E-state index is -4.55. The zero-order valence-corrected chi connectivity index (χ0v) is 12.8. The van der Waals surface area contributed by atoms with Gasteiger partial charge in [0.2, 0.25) is 0 Å². The van der Waals surface area contributed by atoms with E-state index in [0.717, 1.165) is 17.0 Å². The third kappa shape index (κ3) is 3.12. The highest BCUT2D eigenvalue weighted by Crippen LogP contribution is 2.27. The molecule has 8 heteroatoms. The first-order valence-corrected chi connectivity index (χ1v) is 7.28. The van der Waals surface area contributed by atoms with Crippen LogP contribution in [0.3, 0.4) is 0 Å². The zero-order chi connectivity index (χ0) is 17.3. The number of H-pyrrole nitrogens is 1. The summed E-state index contributed by atoms with van der Waals surface area (Å²) in [4.78, 5) is 13.5. The number of likely N-dealkylation sites (N-methyl/N-ethyl adjacent to an activating group) is 1. The smallest absolute Gasteiger partial charge is 0.346 e. The van der Waals surface area contributed by atoms with Crippen molar-refractivity contribution in [1.29, 1.82) is 0 Å². The van der Waals surface area contributed by atoms with Gasteiger partial charge in [-0.15, -0.1) is 0 Å². The van der Waals surface area contributed by atoms with Crippen LogP contribution in [0.2, 0.25) is 0 Å². The molecule has 0 saturated heterocycles. The van der Waals surface area contributed by atoms with Gasteiger partial charge >= 0.3 is 6.18 Å². The molecule has 0 aliphatic heterocycles. The Kier molecular flexibility index (Phi) is 4.04. The van der Waals surface area contributed by atoms with Crippen molar-refractivity contribution in [3.63, 3.8) is 0 Å². The first kappa shape index (κ1) is 16.1. The Balaban J connectivity index is 1.67. The maximum atomic E-state index is 12.5. The number of para-hydroxylation sites is 1. The number of benzene rings is 1. The van der Waals surface area contributed by atoms with E-state index in [0.29, 0.717) is 13.1 Å². The number of hydrogen-bond donors (Lipinski definition) is 1. The minimum Gasteiger partial charge on any atom is -0.346 e. The molecular formula is C16H15F3N4O. The van der Waals surface area contributed by atoms with Gasteiger partial charge in [-0.05, 0) is 17.5 Å². The number of aromatic amines is 1. The molecule has 0 fully saturated rings. The van der Waals surface area contributed by atoms with Crippen molar-refractivity contribution in [2.45, 2.75) is 12.7 Å². The van der Waals surface area contributed by atoms with Crippen molar-refractivity contribution in [2.75, 3.05) is 13.6 Å². The molecule has 0 aliphatic carbocycles. The topological polar surface area (TPSA) is 53.9 Å². The summed E-state index contributed by atoms with van der Waals surface area (Å²) >= 11 is 0. The maximum absolute atomic E-state index is 12.5. The van der Waals surface area contributed by atoms with E-state index in [4.69, 9.17) is 0 Å². The van der Waals surface area contributed by atoms with Crippen LogP contribution in [0.4, 0.5) is 13.2 Å². The van der Waals surface area contributed by atoms with Crippen LogP contribution in [0.25, 0.3) is 10.9 Å². The summed E-state index contributed by atoms with van der Waals surface area (Å²) in [5, 5.41) is 6.39. The Morgan fingerprint density at radius 3 is 2.75 bits per heavy atom. The van der Waals surface area contributed by atoms with Crippen molar-refractivity contribution in [2.24, 2.45) is 0 Å². The van der Waals surface area contributed by atoms with Gasteiger partial charge in [0.05, 0.1) is 0 Å². The predicted octanol–water partition coefficient (Wildman–Crippen LogP) is 3.16. The molecule has 0 bridgehead atoms. The number of carbonyl (C=O) groups is 1. The van der Waals surface area contributed by atoms with E-state index in [2.05, 4.69) is 5.10 Å². The SMILES string of the molecule is CN(CCn1ccc2ccccc21)C(=O)c1cc(C(F)(F)F)[nH]n1. The van der Waals surface area contributed by atoms with Gasteiger partial charge in [-0.25, -0.2) is 0 Å². The van der Waals surface area contributed by atoms with Gasteiger partial charge in [-0.3, -0.25) is 9.89 Å². The molecule has 1 aromatic carbocycles. The van der Waals surface area contributed by atoms with Gasteiger partial charge in [0.1, 0.15) is 5.69 Å². The number of hydrogen-bond acceptors (Lipinski definition) is 2. The molecular weight excluding hydrogens is 321 g/mol. The lowest BCUT2D eigenvalue weighted by atomic mass is 10.2. The average molecular weight is 336 g/mol. The first-order chi connectivity index (χ1) is 11.4. The normalized spacial score (nSPS) is 11.8. The second kappa shape index (κ2) is 6.03. The Bertz CT molecular complexity index is 865. The summed E-state index contributed by atoms with van der Waals surface area (Å²) in [5.41, 5.74) is -0.240. The minimum absolute atomic E-state index is 0.248. The van der Waals surface area contributed by atoms with Gasteiger partial charge in [-0.2, -0.15) is 18.3 Å². The van der Waals surface area contributed by atoms with Crippen LogP contribution in [-0.4, -0.2) is 39.2 Å². The Labute approximate surface area is 135 Å². The highest BCUT2D eigenvalue weighted by molar-refractivity contribution is 5.92. The molecule has 0 spiro atoms. The highest BCUT2D eigenvalue weighted by atomic mass is 19.4. The fourth-order valence-corrected chi connectivity index (χ4v) is 2.47. The highest BCUT2D eigenvalue weighted by Gasteiger charge is 2.34. The van der Waals surface area contributed by atoms with Crippen LogP contribution >= 0.6 is 0 Å². The number of nitrogens with one attached hydrogen (secondary N) is 1. The van der Waals surface area contributed by atoms with E-state index in [1.807, 2.05) is 46.2 Å². The second-order valence-corrected chi connectivity index (χ2v) is 5.46. The van der Waals surface area contributed by atoms with Gasteiger partial charge in [0.25, 0.3) is 5.91 Å². The number of amides is 1. The first-order valence-electron chi connectivity index (χ1n) is 7.28. The van der Waals surface area contributed by atoms with Crippen LogP contribution in [0, 0.1) is 0 Å². The number of aromatic nitrogens is 3. The third-order valence-electron chi connectivity index (χ3n) is 3.81. The number of carbonyl (C=O) groups excluding carboxylic acids is 1. The lowest BCUT2D eigenvalue weighted by Crippen LogP contribution is -2.30. The van der Waals surface area contributed by atoms with Gasteiger partial charge in [0, 0.05) is 37.9 Å². The number of nitrogens with zero attached hydrogens (tertiary/aromatic N) is 3. The molecule has 126 valence electrons. The van der Waals surface area contributed by atoms with E-state index in [1.54, 1.807) is 0 Å². The molecule has 0 saturated carbocycles. The van der Waals surface area contributed by atoms with Crippen molar-refractivity contribution >= 4 is 16.8 Å². The number of halogens is 3. The van der Waals surface area contributed by atoms with Gasteiger partial charge < -0.3 is 9.47 Å². The second-order valence-electron chi connectivity index (χ2n) is 5.46. The van der Waals surface area contributed by atoms with E-state index >= 15 is 0 Å². The van der Waals surface area contributed by atoms with Crippen molar-refractivity contribution in [1.82, 2.24) is 19.7 Å². The molecule has 0 atom stereocenters. The van der Waals surface area contributed by atoms with E-state index in [1.165, 1.54) is 11.9 Å². The summed E-state index contributed by atoms with van der Waals surface area (Å²) in [6, 6.07) is 10.5. The van der Waals surface area contributed by atoms with Crippen molar-refractivity contribution in [3.05, 3.63) is 54.0 Å². The van der Waals surface area contributed by atoms with Crippen LogP contribution in [0.1, 0.15) is 16.2 Å². The Morgan fingerprint density at radius 1 is 1.29 bits per heavy atom. The van der Waals surface area contributed by atoms with Crippen LogP contribution < -0.4 is 0 Å². The summed E-state index contributed by atoms with van der Waals surface area (Å²) in [7, 11) is 1.54. The fourth-order valence-electron chi connectivity index (χ4n) is 2.47. The standard InChI is InChI=1S/C16H15F3N4O/c1-22(15(24)12-10-14(21-20-12)16(17,18)19)8-9-23-7-6-11-4-2-3-5-13(11)23/h2-7,10H,8-9H2,1H3,(H,20,21). The molecule has 0 unspecified atom stereocenters. The van der Waals surface area contributed by atoms with Crippen molar-refractivity contribution in [3.8, 4) is 0 Å². The third-order valence-corrected chi connectivity index (χ3v) is 3.81. The molecule has 0 aliphatic rings. The quantitative estimate of drug-likeness (QED) is 0.796. The molecule has 2 aromatic heterocycles. The molecule has 3 aromatic rings. The lowest BCUT2D eigenvalue weighted by Gasteiger charge is -2.16. The lowest BCUT2D eigenvalue weighted by molar-refractivity contribution is -0.141. The summed E-state index contributed by atoms with van der Waals surface area (Å²) in [6.07, 6.45) is -2.63. The summed E-state index contributed by atoms with van der Waals surface area (Å²) < 4.78 is 39.6. The number of fused-ring (bicyclic) bond motifs is 1. The van der Waals surface area contributed by atoms with Gasteiger partial charge in [-0.1, -0.05) is 18.2 Å². The van der Waals surface area contributed by atoms with Crippen LogP contribution in [0.5, 0.6) is 0 Å². The largest absolute Gasteiger partial charge is 0.432 e. The monoisotopic (exact) mass is 336 g/mol. The number of alkyl halides is 3. The van der Waals surface area contributed by atoms with E-state index in [-0.39, 0.29) is 5.69 Å².